The van der Waals surface area contributed by atoms with Crippen molar-refractivity contribution >= 4 is 12.7 Å². The molecule has 0 nitrogen and oxygen atoms in total. The van der Waals surface area contributed by atoms with Crippen molar-refractivity contribution in [3.05, 3.63) is 30.3 Å². The average molecular weight is 177 g/mol. The van der Waals surface area contributed by atoms with Crippen molar-refractivity contribution in [1.29, 1.82) is 0 Å². The third-order valence-electron chi connectivity index (χ3n) is 1.13. The first-order valence-electron chi connectivity index (χ1n) is 3.05. The van der Waals surface area contributed by atoms with Gasteiger partial charge in [0.2, 0.25) is 0 Å². The summed E-state index contributed by atoms with van der Waals surface area (Å²) in [6, 6.07) is 7.63. The molecule has 1 rings (SSSR count). The monoisotopic (exact) mass is 177 g/mol. The lowest BCUT2D eigenvalue weighted by Crippen LogP contribution is -2.29. The molecule has 0 aliphatic heterocycles. The van der Waals surface area contributed by atoms with Gasteiger partial charge in [-0.2, -0.15) is 13.2 Å². The Morgan fingerprint density at radius 3 is 1.92 bits per heavy atom. The molecule has 65 valence electrons. The minimum atomic E-state index is -4.22. The van der Waals surface area contributed by atoms with Crippen molar-refractivity contribution < 1.29 is 17.9 Å². The molecule has 0 saturated heterocycles. The molecule has 0 amide bonds. The van der Waals surface area contributed by atoms with Gasteiger partial charge in [-0.05, 0) is 0 Å². The van der Waals surface area contributed by atoms with Gasteiger partial charge in [-0.1, -0.05) is 35.8 Å². The molecule has 0 heterocycles. The van der Waals surface area contributed by atoms with E-state index in [0.717, 1.165) is 0 Å². The molecule has 1 radical (unpaired) electrons. The second kappa shape index (κ2) is 4.14. The summed E-state index contributed by atoms with van der Waals surface area (Å²) in [6.45, 7) is 0. The van der Waals surface area contributed by atoms with Crippen molar-refractivity contribution in [2.75, 3.05) is 0 Å². The molecular formula is C7H6BF4. The molecule has 0 spiro atoms. The van der Waals surface area contributed by atoms with Gasteiger partial charge in [0.15, 0.2) is 0 Å². The van der Waals surface area contributed by atoms with Crippen LogP contribution in [0.25, 0.3) is 0 Å². The standard InChI is InChI=1S/C7H5BF3.FH/c9-7(10,11)8-6-4-2-1-3-5-6;/h1-5H;1H. The summed E-state index contributed by atoms with van der Waals surface area (Å²) >= 11 is 0. The fraction of sp³-hybridized carbons (Fsp3) is 0.143. The summed E-state index contributed by atoms with van der Waals surface area (Å²) in [5.41, 5.74) is 0.181. The molecule has 0 aromatic heterocycles. The molecule has 0 fully saturated rings. The Morgan fingerprint density at radius 2 is 1.50 bits per heavy atom. The lowest BCUT2D eigenvalue weighted by molar-refractivity contribution is -0.0455. The molecule has 0 bridgehead atoms. The normalized spacial score (nSPS) is 10.2. The lowest BCUT2D eigenvalue weighted by atomic mass is 9.70. The quantitative estimate of drug-likeness (QED) is 0.452. The topological polar surface area (TPSA) is 0 Å². The largest absolute Gasteiger partial charge is 0.344 e. The van der Waals surface area contributed by atoms with Gasteiger partial charge in [-0.3, -0.25) is 4.70 Å². The Morgan fingerprint density at radius 1 is 1.00 bits per heavy atom. The van der Waals surface area contributed by atoms with Gasteiger partial charge in [0.1, 0.15) is 0 Å². The molecular weight excluding hydrogens is 171 g/mol. The van der Waals surface area contributed by atoms with Crippen molar-refractivity contribution in [3.63, 3.8) is 0 Å². The summed E-state index contributed by atoms with van der Waals surface area (Å²) in [6.07, 6.45) is -4.22. The Bertz CT molecular complexity index is 219. The first kappa shape index (κ1) is 11.0. The minimum absolute atomic E-state index is 0. The zero-order valence-electron chi connectivity index (χ0n) is 6.01. The van der Waals surface area contributed by atoms with Gasteiger partial charge in [-0.25, -0.2) is 0 Å². The van der Waals surface area contributed by atoms with Gasteiger partial charge in [0, 0.05) is 0 Å². The van der Waals surface area contributed by atoms with Crippen molar-refractivity contribution in [2.24, 2.45) is 0 Å². The van der Waals surface area contributed by atoms with Gasteiger partial charge in [0.25, 0.3) is 7.28 Å². The third kappa shape index (κ3) is 4.00. The van der Waals surface area contributed by atoms with Crippen molar-refractivity contribution in [3.8, 4) is 0 Å². The van der Waals surface area contributed by atoms with E-state index in [-0.39, 0.29) is 17.4 Å². The van der Waals surface area contributed by atoms with E-state index in [2.05, 4.69) is 0 Å². The van der Waals surface area contributed by atoms with Crippen LogP contribution in [0.15, 0.2) is 30.3 Å². The fourth-order valence-electron chi connectivity index (χ4n) is 0.738. The fourth-order valence-corrected chi connectivity index (χ4v) is 0.738. The van der Waals surface area contributed by atoms with E-state index in [1.54, 1.807) is 18.2 Å². The van der Waals surface area contributed by atoms with Crippen LogP contribution >= 0.6 is 0 Å². The highest BCUT2D eigenvalue weighted by Crippen LogP contribution is 2.11. The van der Waals surface area contributed by atoms with Crippen LogP contribution < -0.4 is 5.46 Å². The molecule has 1 aromatic rings. The van der Waals surface area contributed by atoms with E-state index in [1.807, 2.05) is 0 Å². The molecule has 5 heteroatoms. The highest BCUT2D eigenvalue weighted by molar-refractivity contribution is 6.55. The zero-order valence-corrected chi connectivity index (χ0v) is 6.01. The number of halogens is 4. The van der Waals surface area contributed by atoms with E-state index in [9.17, 15) is 13.2 Å². The highest BCUT2D eigenvalue weighted by Gasteiger charge is 2.28. The maximum absolute atomic E-state index is 11.7. The smallest absolute Gasteiger partial charge is 0.269 e. The highest BCUT2D eigenvalue weighted by atomic mass is 19.4. The van der Waals surface area contributed by atoms with E-state index >= 15 is 0 Å². The van der Waals surface area contributed by atoms with Crippen LogP contribution in [0, 0.1) is 0 Å². The Labute approximate surface area is 68.0 Å². The Hall–Kier alpha value is -0.995. The van der Waals surface area contributed by atoms with Gasteiger partial charge >= 0.3 is 6.08 Å². The predicted molar refractivity (Wildman–Crippen MR) is 40.4 cm³/mol. The van der Waals surface area contributed by atoms with E-state index in [0.29, 0.717) is 0 Å². The molecule has 0 N–H and O–H groups in total. The van der Waals surface area contributed by atoms with Crippen molar-refractivity contribution in [1.82, 2.24) is 0 Å². The molecule has 0 saturated carbocycles. The van der Waals surface area contributed by atoms with Crippen LogP contribution in [0.3, 0.4) is 0 Å². The maximum Gasteiger partial charge on any atom is 0.344 e. The van der Waals surface area contributed by atoms with E-state index in [1.165, 1.54) is 12.1 Å². The summed E-state index contributed by atoms with van der Waals surface area (Å²) in [5, 5.41) is 0. The second-order valence-corrected chi connectivity index (χ2v) is 2.10. The summed E-state index contributed by atoms with van der Waals surface area (Å²) in [5.74, 6) is 0. The van der Waals surface area contributed by atoms with Gasteiger partial charge in [0.05, 0.1) is 0 Å². The second-order valence-electron chi connectivity index (χ2n) is 2.10. The number of alkyl halides is 3. The van der Waals surface area contributed by atoms with Crippen LogP contribution in [-0.2, 0) is 0 Å². The Balaban J connectivity index is 0.00000121. The van der Waals surface area contributed by atoms with E-state index < -0.39 is 6.08 Å². The summed E-state index contributed by atoms with van der Waals surface area (Å²) in [7, 11) is 0.271. The molecule has 0 aliphatic rings. The predicted octanol–water partition coefficient (Wildman–Crippen LogP) is 1.69. The summed E-state index contributed by atoms with van der Waals surface area (Å²) in [4.78, 5) is 0. The first-order chi connectivity index (χ1) is 5.08. The van der Waals surface area contributed by atoms with Crippen LogP contribution in [0.2, 0.25) is 0 Å². The summed E-state index contributed by atoms with van der Waals surface area (Å²) < 4.78 is 35.1. The molecule has 12 heavy (non-hydrogen) atoms. The SMILES string of the molecule is F.FC(F)(F)[B]c1ccccc1. The number of benzene rings is 1. The molecule has 0 aliphatic carbocycles. The third-order valence-corrected chi connectivity index (χ3v) is 1.13. The minimum Gasteiger partial charge on any atom is -0.269 e. The number of rotatable bonds is 1. The molecule has 1 aromatic carbocycles. The van der Waals surface area contributed by atoms with Gasteiger partial charge < -0.3 is 0 Å². The average Bonchev–Trinajstić information content (AvgIpc) is 1.85. The van der Waals surface area contributed by atoms with E-state index in [4.69, 9.17) is 0 Å². The molecule has 0 unspecified atom stereocenters. The van der Waals surface area contributed by atoms with Crippen LogP contribution in [0.5, 0.6) is 0 Å². The van der Waals surface area contributed by atoms with Gasteiger partial charge in [-0.15, -0.1) is 0 Å². The number of hydrogen-bond acceptors (Lipinski definition) is 0. The maximum atomic E-state index is 11.7. The Kier molecular flexibility index (Phi) is 3.79. The van der Waals surface area contributed by atoms with Crippen LogP contribution in [0.1, 0.15) is 0 Å². The molecule has 0 atom stereocenters. The lowest BCUT2D eigenvalue weighted by Gasteiger charge is -2.03. The zero-order chi connectivity index (χ0) is 8.32. The first-order valence-corrected chi connectivity index (χ1v) is 3.05. The van der Waals surface area contributed by atoms with Crippen LogP contribution in [-0.4, -0.2) is 13.4 Å². The van der Waals surface area contributed by atoms with Crippen LogP contribution in [0.4, 0.5) is 17.9 Å². The van der Waals surface area contributed by atoms with Crippen molar-refractivity contribution in [2.45, 2.75) is 6.08 Å². The number of hydrogen-bond donors (Lipinski definition) is 0.